The lowest BCUT2D eigenvalue weighted by Gasteiger charge is -2.37. The topological polar surface area (TPSA) is 93.7 Å². The number of carbonyl (C=O) groups is 4. The lowest BCUT2D eigenvalue weighted by Crippen LogP contribution is -2.54. The Hall–Kier alpha value is -2.04. The van der Waals surface area contributed by atoms with E-state index >= 15 is 0 Å². The zero-order chi connectivity index (χ0) is 47.4. The molecule has 1 saturated heterocycles. The lowest BCUT2D eigenvalue weighted by molar-refractivity contribution is -0.144. The molecule has 2 amide bonds. The molecule has 0 saturated carbocycles. The Kier molecular flexibility index (Phi) is 41.7. The maximum absolute atomic E-state index is 14.0. The van der Waals surface area contributed by atoms with Gasteiger partial charge in [-0.25, -0.2) is 0 Å². The van der Waals surface area contributed by atoms with Gasteiger partial charge in [0.1, 0.15) is 5.78 Å². The minimum Gasteiger partial charge on any atom is -0.466 e. The molecule has 10 heteroatoms. The van der Waals surface area contributed by atoms with E-state index in [4.69, 9.17) is 4.74 Å². The summed E-state index contributed by atoms with van der Waals surface area (Å²) in [6, 6.07) is 0. The summed E-state index contributed by atoms with van der Waals surface area (Å²) in [4.78, 5) is 63.9. The number of nitrogens with zero attached hydrogens (tertiary/aromatic N) is 5. The third kappa shape index (κ3) is 35.7. The van der Waals surface area contributed by atoms with Crippen molar-refractivity contribution >= 4 is 23.6 Å². The van der Waals surface area contributed by atoms with Gasteiger partial charge >= 0.3 is 5.97 Å². The summed E-state index contributed by atoms with van der Waals surface area (Å²) in [6.45, 7) is 21.0. The van der Waals surface area contributed by atoms with Crippen molar-refractivity contribution in [3.63, 3.8) is 0 Å². The second-order valence-corrected chi connectivity index (χ2v) is 19.6. The summed E-state index contributed by atoms with van der Waals surface area (Å²) >= 11 is 0. The van der Waals surface area contributed by atoms with Gasteiger partial charge in [0.15, 0.2) is 0 Å². The molecule has 1 heterocycles. The molecule has 10 nitrogen and oxygen atoms in total. The average Bonchev–Trinajstić information content (AvgIpc) is 3.30. The predicted octanol–water partition coefficient (Wildman–Crippen LogP) is 12.3. The van der Waals surface area contributed by atoms with Crippen molar-refractivity contribution in [3.05, 3.63) is 0 Å². The van der Waals surface area contributed by atoms with Crippen LogP contribution in [0.4, 0.5) is 0 Å². The third-order valence-corrected chi connectivity index (χ3v) is 13.5. The van der Waals surface area contributed by atoms with Crippen LogP contribution in [0, 0.1) is 0 Å². The lowest BCUT2D eigenvalue weighted by atomic mass is 10.1. The average molecular weight is 918 g/mol. The molecule has 0 atom stereocenters. The Morgan fingerprint density at radius 1 is 0.354 bits per heavy atom. The van der Waals surface area contributed by atoms with Crippen LogP contribution in [-0.2, 0) is 23.9 Å². The molecule has 1 fully saturated rings. The van der Waals surface area contributed by atoms with Crippen LogP contribution in [-0.4, -0.2) is 140 Å². The van der Waals surface area contributed by atoms with E-state index in [1.807, 2.05) is 9.80 Å². The van der Waals surface area contributed by atoms with Crippen LogP contribution in [0.3, 0.4) is 0 Å². The summed E-state index contributed by atoms with van der Waals surface area (Å²) < 4.78 is 5.39. The Morgan fingerprint density at radius 3 is 1.14 bits per heavy atom. The van der Waals surface area contributed by atoms with Gasteiger partial charge in [-0.05, 0) is 77.7 Å². The fourth-order valence-corrected chi connectivity index (χ4v) is 9.05. The molecule has 1 aliphatic heterocycles. The molecule has 0 bridgehead atoms. The molecule has 65 heavy (non-hydrogen) atoms. The van der Waals surface area contributed by atoms with E-state index in [0.29, 0.717) is 77.5 Å². The van der Waals surface area contributed by atoms with Crippen LogP contribution in [0.5, 0.6) is 0 Å². The number of ketones is 1. The first-order valence-corrected chi connectivity index (χ1v) is 28.2. The summed E-state index contributed by atoms with van der Waals surface area (Å²) in [5, 5.41) is 0. The molecule has 0 aromatic rings. The first-order valence-electron chi connectivity index (χ1n) is 28.2. The summed E-state index contributed by atoms with van der Waals surface area (Å²) in [6.07, 6.45) is 36.3. The molecular weight excluding hydrogens is 811 g/mol. The van der Waals surface area contributed by atoms with E-state index in [1.165, 1.54) is 135 Å². The first kappa shape index (κ1) is 61.0. The number of piperazine rings is 1. The van der Waals surface area contributed by atoms with Crippen LogP contribution < -0.4 is 0 Å². The van der Waals surface area contributed by atoms with Gasteiger partial charge in [0, 0.05) is 58.5 Å². The number of unbranched alkanes of at least 4 members (excludes halogenated alkanes) is 22. The van der Waals surface area contributed by atoms with E-state index in [2.05, 4.69) is 49.3 Å². The minimum atomic E-state index is -0.139. The largest absolute Gasteiger partial charge is 0.466 e. The molecular formula is C55H107N5O5. The number of ether oxygens (including phenoxy) is 1. The highest BCUT2D eigenvalue weighted by Gasteiger charge is 2.26. The highest BCUT2D eigenvalue weighted by Crippen LogP contribution is 2.14. The smallest absolute Gasteiger partial charge is 0.305 e. The van der Waals surface area contributed by atoms with Gasteiger partial charge in [0.2, 0.25) is 11.8 Å². The van der Waals surface area contributed by atoms with Crippen LogP contribution >= 0.6 is 0 Å². The van der Waals surface area contributed by atoms with E-state index < -0.39 is 0 Å². The van der Waals surface area contributed by atoms with Gasteiger partial charge in [0.25, 0.3) is 0 Å². The summed E-state index contributed by atoms with van der Waals surface area (Å²) in [5.74, 6) is 0.589. The second kappa shape index (κ2) is 44.5. The van der Waals surface area contributed by atoms with Crippen LogP contribution in [0.25, 0.3) is 0 Å². The number of amides is 2. The molecule has 0 spiro atoms. The minimum absolute atomic E-state index is 0.130. The zero-order valence-electron chi connectivity index (χ0n) is 43.8. The summed E-state index contributed by atoms with van der Waals surface area (Å²) in [7, 11) is 0. The van der Waals surface area contributed by atoms with Crippen molar-refractivity contribution in [2.75, 3.05) is 91.7 Å². The number of esters is 1. The van der Waals surface area contributed by atoms with Gasteiger partial charge in [-0.15, -0.1) is 0 Å². The molecule has 0 unspecified atom stereocenters. The fraction of sp³-hybridized carbons (Fsp3) is 0.927. The Labute approximate surface area is 402 Å². The zero-order valence-corrected chi connectivity index (χ0v) is 43.8. The molecule has 1 rings (SSSR count). The van der Waals surface area contributed by atoms with Crippen molar-refractivity contribution in [1.82, 2.24) is 24.5 Å². The Morgan fingerprint density at radius 2 is 0.677 bits per heavy atom. The molecule has 1 aliphatic rings. The number of hydrogen-bond acceptors (Lipinski definition) is 8. The van der Waals surface area contributed by atoms with Gasteiger partial charge in [-0.2, -0.15) is 0 Å². The number of carbonyl (C=O) groups excluding carboxylic acids is 4. The third-order valence-electron chi connectivity index (χ3n) is 13.5. The van der Waals surface area contributed by atoms with E-state index in [0.717, 1.165) is 90.6 Å². The van der Waals surface area contributed by atoms with Crippen molar-refractivity contribution in [1.29, 1.82) is 0 Å². The highest BCUT2D eigenvalue weighted by molar-refractivity contribution is 5.80. The van der Waals surface area contributed by atoms with Crippen molar-refractivity contribution < 1.29 is 23.9 Å². The van der Waals surface area contributed by atoms with Gasteiger partial charge < -0.3 is 19.4 Å². The maximum atomic E-state index is 14.0. The monoisotopic (exact) mass is 918 g/mol. The molecule has 0 aliphatic carbocycles. The summed E-state index contributed by atoms with van der Waals surface area (Å²) in [5.41, 5.74) is 0. The van der Waals surface area contributed by atoms with Crippen LogP contribution in [0.15, 0.2) is 0 Å². The van der Waals surface area contributed by atoms with E-state index in [-0.39, 0.29) is 17.8 Å². The van der Waals surface area contributed by atoms with Gasteiger partial charge in [-0.1, -0.05) is 176 Å². The van der Waals surface area contributed by atoms with Crippen molar-refractivity contribution in [2.24, 2.45) is 0 Å². The molecule has 0 radical (unpaired) electrons. The SMILES string of the molecule is CCCCCCCCCN(CCCC(=O)CCCCCC)CCN(CCCCCCCCC)CC(=O)N1CCN(C(=O)CN(CCCCCCCCC)CCCC(=O)OCCCC)CC1. The fourth-order valence-electron chi connectivity index (χ4n) is 9.05. The Bertz CT molecular complexity index is 1130. The molecule has 0 aromatic carbocycles. The first-order chi connectivity index (χ1) is 31.8. The predicted molar refractivity (Wildman–Crippen MR) is 275 cm³/mol. The standard InChI is InChI=1S/C55H107N5O5/c1-6-11-16-20-23-26-30-38-56(41-33-36-52(61)35-29-19-14-9-4)43-44-58(40-32-28-25-22-18-13-8-3)51-54(63)60-47-45-59(46-48-60)53(62)50-57(39-31-27-24-21-17-12-7-2)42-34-37-55(64)65-49-15-10-5/h6-51H2,1-5H3. The quantitative estimate of drug-likeness (QED) is 0.0440. The number of rotatable bonds is 47. The number of Topliss-reactive ketones (excluding diaryl/α,β-unsaturated/α-hetero) is 1. The van der Waals surface area contributed by atoms with Gasteiger partial charge in [0.05, 0.1) is 19.7 Å². The second-order valence-electron chi connectivity index (χ2n) is 19.6. The van der Waals surface area contributed by atoms with Crippen molar-refractivity contribution in [2.45, 2.75) is 240 Å². The van der Waals surface area contributed by atoms with Crippen LogP contribution in [0.1, 0.15) is 240 Å². The van der Waals surface area contributed by atoms with Crippen LogP contribution in [0.2, 0.25) is 0 Å². The number of hydrogen-bond donors (Lipinski definition) is 0. The highest BCUT2D eigenvalue weighted by atomic mass is 16.5. The molecule has 382 valence electrons. The Balaban J connectivity index is 2.84. The molecule has 0 N–H and O–H groups in total. The normalized spacial score (nSPS) is 13.2. The van der Waals surface area contributed by atoms with Gasteiger partial charge in [-0.3, -0.25) is 29.0 Å². The maximum Gasteiger partial charge on any atom is 0.305 e. The van der Waals surface area contributed by atoms with Crippen molar-refractivity contribution in [3.8, 4) is 0 Å². The van der Waals surface area contributed by atoms with E-state index in [9.17, 15) is 19.2 Å². The molecule has 0 aromatic heterocycles. The van der Waals surface area contributed by atoms with E-state index in [1.54, 1.807) is 0 Å².